The van der Waals surface area contributed by atoms with E-state index in [9.17, 15) is 10.1 Å². The fraction of sp³-hybridized carbons (Fsp3) is 0.167. The van der Waals surface area contributed by atoms with Gasteiger partial charge in [-0.1, -0.05) is 30.3 Å². The summed E-state index contributed by atoms with van der Waals surface area (Å²) >= 11 is 0. The highest BCUT2D eigenvalue weighted by Gasteiger charge is 2.17. The van der Waals surface area contributed by atoms with Gasteiger partial charge in [0, 0.05) is 18.6 Å². The smallest absolute Gasteiger partial charge is 0.280 e. The topological polar surface area (TPSA) is 63.4 Å². The van der Waals surface area contributed by atoms with Gasteiger partial charge < -0.3 is 5.11 Å². The molecule has 1 N–H and O–H groups in total. The maximum atomic E-state index is 11.0. The number of aliphatic hydroxyl groups excluding tert-OH is 1. The van der Waals surface area contributed by atoms with Crippen molar-refractivity contribution >= 4 is 16.5 Å². The molecular weight excluding hydrogens is 206 g/mol. The van der Waals surface area contributed by atoms with Crippen molar-refractivity contribution < 1.29 is 10.0 Å². The highest BCUT2D eigenvalue weighted by Crippen LogP contribution is 2.29. The van der Waals surface area contributed by atoms with Crippen LogP contribution in [0.2, 0.25) is 0 Å². The van der Waals surface area contributed by atoms with Crippen LogP contribution in [-0.2, 0) is 6.42 Å². The molecule has 4 nitrogen and oxygen atoms in total. The van der Waals surface area contributed by atoms with Crippen molar-refractivity contribution in [2.45, 2.75) is 6.42 Å². The van der Waals surface area contributed by atoms with Crippen LogP contribution in [0, 0.1) is 10.1 Å². The number of nitro groups is 1. The van der Waals surface area contributed by atoms with Gasteiger partial charge in [0.25, 0.3) is 5.69 Å². The summed E-state index contributed by atoms with van der Waals surface area (Å²) < 4.78 is 0. The van der Waals surface area contributed by atoms with Crippen molar-refractivity contribution in [2.24, 2.45) is 0 Å². The molecule has 0 atom stereocenters. The molecule has 0 saturated carbocycles. The van der Waals surface area contributed by atoms with Crippen LogP contribution in [0.25, 0.3) is 10.8 Å². The number of fused-ring (bicyclic) bond motifs is 1. The molecule has 0 amide bonds. The first kappa shape index (κ1) is 10.6. The van der Waals surface area contributed by atoms with Gasteiger partial charge in [0.2, 0.25) is 0 Å². The predicted octanol–water partition coefficient (Wildman–Crippen LogP) is 2.28. The first-order chi connectivity index (χ1) is 7.74. The molecule has 2 rings (SSSR count). The van der Waals surface area contributed by atoms with Gasteiger partial charge in [0.05, 0.1) is 10.3 Å². The molecule has 0 aliphatic heterocycles. The first-order valence-electron chi connectivity index (χ1n) is 5.00. The Hall–Kier alpha value is -1.94. The summed E-state index contributed by atoms with van der Waals surface area (Å²) in [5.74, 6) is 0. The van der Waals surface area contributed by atoms with E-state index in [1.165, 1.54) is 0 Å². The molecule has 16 heavy (non-hydrogen) atoms. The van der Waals surface area contributed by atoms with Crippen LogP contribution in [-0.4, -0.2) is 16.6 Å². The molecule has 0 saturated heterocycles. The maximum absolute atomic E-state index is 11.0. The molecule has 0 heterocycles. The Balaban J connectivity index is 2.73. The Kier molecular flexibility index (Phi) is 2.83. The number of hydrogen-bond donors (Lipinski definition) is 1. The van der Waals surface area contributed by atoms with Gasteiger partial charge in [-0.05, 0) is 11.5 Å². The molecule has 2 aromatic rings. The number of hydrogen-bond acceptors (Lipinski definition) is 3. The minimum Gasteiger partial charge on any atom is -0.396 e. The Morgan fingerprint density at radius 3 is 2.62 bits per heavy atom. The van der Waals surface area contributed by atoms with E-state index in [0.717, 1.165) is 5.39 Å². The fourth-order valence-corrected chi connectivity index (χ4v) is 1.84. The predicted molar refractivity (Wildman–Crippen MR) is 61.4 cm³/mol. The third kappa shape index (κ3) is 1.75. The van der Waals surface area contributed by atoms with Gasteiger partial charge >= 0.3 is 0 Å². The van der Waals surface area contributed by atoms with E-state index in [2.05, 4.69) is 0 Å². The second kappa shape index (κ2) is 4.28. The Labute approximate surface area is 92.3 Å². The monoisotopic (exact) mass is 217 g/mol. The molecule has 0 aliphatic rings. The lowest BCUT2D eigenvalue weighted by Gasteiger charge is -2.04. The summed E-state index contributed by atoms with van der Waals surface area (Å²) in [6, 6.07) is 10.7. The zero-order valence-electron chi connectivity index (χ0n) is 8.59. The SMILES string of the molecule is O=[N+]([O-])c1c(CCO)ccc2ccccc12. The number of aliphatic hydroxyl groups is 1. The van der Waals surface area contributed by atoms with E-state index < -0.39 is 0 Å². The van der Waals surface area contributed by atoms with Gasteiger partial charge in [-0.3, -0.25) is 10.1 Å². The zero-order valence-corrected chi connectivity index (χ0v) is 8.59. The van der Waals surface area contributed by atoms with E-state index in [-0.39, 0.29) is 17.2 Å². The van der Waals surface area contributed by atoms with Gasteiger partial charge in [-0.2, -0.15) is 0 Å². The lowest BCUT2D eigenvalue weighted by atomic mass is 10.0. The lowest BCUT2D eigenvalue weighted by Crippen LogP contribution is -1.99. The molecule has 2 aromatic carbocycles. The van der Waals surface area contributed by atoms with E-state index in [4.69, 9.17) is 5.11 Å². The molecule has 0 fully saturated rings. The average Bonchev–Trinajstić information content (AvgIpc) is 2.28. The highest BCUT2D eigenvalue weighted by atomic mass is 16.6. The van der Waals surface area contributed by atoms with Crippen LogP contribution >= 0.6 is 0 Å². The molecule has 0 unspecified atom stereocenters. The molecule has 82 valence electrons. The van der Waals surface area contributed by atoms with Crippen LogP contribution in [0.4, 0.5) is 5.69 Å². The summed E-state index contributed by atoms with van der Waals surface area (Å²) in [7, 11) is 0. The van der Waals surface area contributed by atoms with Crippen LogP contribution in [0.3, 0.4) is 0 Å². The van der Waals surface area contributed by atoms with Crippen LogP contribution in [0.5, 0.6) is 0 Å². The minimum atomic E-state index is -0.382. The third-order valence-corrected chi connectivity index (χ3v) is 2.55. The number of nitrogens with zero attached hydrogens (tertiary/aromatic N) is 1. The second-order valence-corrected chi connectivity index (χ2v) is 3.53. The van der Waals surface area contributed by atoms with Crippen molar-refractivity contribution in [3.8, 4) is 0 Å². The Morgan fingerprint density at radius 1 is 1.19 bits per heavy atom. The van der Waals surface area contributed by atoms with Crippen LogP contribution in [0.1, 0.15) is 5.56 Å². The lowest BCUT2D eigenvalue weighted by molar-refractivity contribution is -0.383. The Morgan fingerprint density at radius 2 is 1.94 bits per heavy atom. The van der Waals surface area contributed by atoms with E-state index in [0.29, 0.717) is 17.4 Å². The quantitative estimate of drug-likeness (QED) is 0.633. The fourth-order valence-electron chi connectivity index (χ4n) is 1.84. The normalized spacial score (nSPS) is 10.6. The van der Waals surface area contributed by atoms with E-state index in [1.807, 2.05) is 18.2 Å². The number of rotatable bonds is 3. The minimum absolute atomic E-state index is 0.0841. The van der Waals surface area contributed by atoms with Crippen molar-refractivity contribution in [3.63, 3.8) is 0 Å². The van der Waals surface area contributed by atoms with Crippen molar-refractivity contribution in [1.82, 2.24) is 0 Å². The molecular formula is C12H11NO3. The summed E-state index contributed by atoms with van der Waals surface area (Å²) in [6.07, 6.45) is 0.307. The molecule has 0 aliphatic carbocycles. The zero-order chi connectivity index (χ0) is 11.5. The third-order valence-electron chi connectivity index (χ3n) is 2.55. The molecule has 0 bridgehead atoms. The molecule has 4 heteroatoms. The number of nitro benzene ring substituents is 1. The van der Waals surface area contributed by atoms with Crippen LogP contribution in [0.15, 0.2) is 36.4 Å². The largest absolute Gasteiger partial charge is 0.396 e. The van der Waals surface area contributed by atoms with Crippen molar-refractivity contribution in [2.75, 3.05) is 6.61 Å². The average molecular weight is 217 g/mol. The summed E-state index contributed by atoms with van der Waals surface area (Å²) in [5, 5.41) is 21.4. The van der Waals surface area contributed by atoms with Gasteiger partial charge in [-0.25, -0.2) is 0 Å². The van der Waals surface area contributed by atoms with Gasteiger partial charge in [0.1, 0.15) is 0 Å². The maximum Gasteiger partial charge on any atom is 0.280 e. The van der Waals surface area contributed by atoms with Crippen molar-refractivity contribution in [1.29, 1.82) is 0 Å². The standard InChI is InChI=1S/C12H11NO3/c14-8-7-10-6-5-9-3-1-2-4-11(9)12(10)13(15)16/h1-6,14H,7-8H2. The van der Waals surface area contributed by atoms with Crippen molar-refractivity contribution in [3.05, 3.63) is 52.1 Å². The molecule has 0 spiro atoms. The first-order valence-corrected chi connectivity index (χ1v) is 5.00. The van der Waals surface area contributed by atoms with E-state index >= 15 is 0 Å². The van der Waals surface area contributed by atoms with Gasteiger partial charge in [-0.15, -0.1) is 0 Å². The summed E-state index contributed by atoms with van der Waals surface area (Å²) in [6.45, 7) is -0.0841. The summed E-state index contributed by atoms with van der Waals surface area (Å²) in [4.78, 5) is 10.7. The van der Waals surface area contributed by atoms with Gasteiger partial charge in [0.15, 0.2) is 0 Å². The molecule has 0 aromatic heterocycles. The highest BCUT2D eigenvalue weighted by molar-refractivity contribution is 5.92. The number of benzene rings is 2. The molecule has 0 radical (unpaired) electrons. The Bertz CT molecular complexity index is 537. The second-order valence-electron chi connectivity index (χ2n) is 3.53. The van der Waals surface area contributed by atoms with E-state index in [1.54, 1.807) is 18.2 Å². The summed E-state index contributed by atoms with van der Waals surface area (Å²) in [5.41, 5.74) is 0.679. The van der Waals surface area contributed by atoms with Crippen LogP contribution < -0.4 is 0 Å².